The summed E-state index contributed by atoms with van der Waals surface area (Å²) in [4.78, 5) is 35.2. The number of amides is 1. The van der Waals surface area contributed by atoms with Gasteiger partial charge in [-0.2, -0.15) is 0 Å². The second-order valence-electron chi connectivity index (χ2n) is 6.63. The molecule has 0 atom stereocenters. The number of nitrogens with one attached hydrogen (secondary N) is 1. The first-order chi connectivity index (χ1) is 12.7. The molecule has 0 unspecified atom stereocenters. The van der Waals surface area contributed by atoms with Crippen LogP contribution in [-0.2, 0) is 6.42 Å². The van der Waals surface area contributed by atoms with Gasteiger partial charge < -0.3 is 4.90 Å². The van der Waals surface area contributed by atoms with Crippen molar-refractivity contribution in [1.29, 1.82) is 0 Å². The zero-order valence-corrected chi connectivity index (χ0v) is 14.7. The van der Waals surface area contributed by atoms with Crippen LogP contribution in [0.5, 0.6) is 0 Å². The monoisotopic (exact) mass is 351 g/mol. The molecular weight excluding hydrogens is 330 g/mol. The molecule has 26 heavy (non-hydrogen) atoms. The number of hydrogen-bond donors (Lipinski definition) is 1. The molecule has 7 nitrogen and oxygen atoms in total. The number of aromatic amines is 1. The van der Waals surface area contributed by atoms with Crippen LogP contribution >= 0.6 is 0 Å². The van der Waals surface area contributed by atoms with Gasteiger partial charge in [0.1, 0.15) is 5.69 Å². The van der Waals surface area contributed by atoms with E-state index in [2.05, 4.69) is 15.1 Å². The van der Waals surface area contributed by atoms with Crippen LogP contribution in [0.2, 0.25) is 0 Å². The quantitative estimate of drug-likeness (QED) is 0.782. The van der Waals surface area contributed by atoms with Crippen LogP contribution in [0.15, 0.2) is 41.3 Å². The average Bonchev–Trinajstić information content (AvgIpc) is 3.13. The Morgan fingerprint density at radius 2 is 2.08 bits per heavy atom. The highest BCUT2D eigenvalue weighted by atomic mass is 16.2. The number of fused-ring (bicyclic) bond motifs is 1. The average molecular weight is 351 g/mol. The number of carbonyl (C=O) groups is 1. The number of likely N-dealkylation sites (tertiary alicyclic amines) is 1. The van der Waals surface area contributed by atoms with Crippen molar-refractivity contribution in [3.63, 3.8) is 0 Å². The third kappa shape index (κ3) is 3.00. The predicted octanol–water partition coefficient (Wildman–Crippen LogP) is 2.00. The Morgan fingerprint density at radius 3 is 2.77 bits per heavy atom. The van der Waals surface area contributed by atoms with Crippen LogP contribution < -0.4 is 5.56 Å². The van der Waals surface area contributed by atoms with Gasteiger partial charge >= 0.3 is 0 Å². The zero-order chi connectivity index (χ0) is 18.1. The van der Waals surface area contributed by atoms with Gasteiger partial charge in [-0.05, 0) is 31.4 Å². The second-order valence-corrected chi connectivity index (χ2v) is 6.63. The van der Waals surface area contributed by atoms with Crippen molar-refractivity contribution in [1.82, 2.24) is 24.5 Å². The number of H-pyrrole nitrogens is 1. The molecule has 0 aliphatic carbocycles. The smallest absolute Gasteiger partial charge is 0.272 e. The third-order valence-electron chi connectivity index (χ3n) is 4.99. The van der Waals surface area contributed by atoms with E-state index in [1.54, 1.807) is 24.4 Å². The molecule has 4 heterocycles. The molecule has 3 aromatic rings. The van der Waals surface area contributed by atoms with Crippen molar-refractivity contribution in [2.75, 3.05) is 13.1 Å². The van der Waals surface area contributed by atoms with Crippen molar-refractivity contribution in [3.05, 3.63) is 64.0 Å². The first kappa shape index (κ1) is 16.5. The Hall–Kier alpha value is -2.96. The molecule has 7 heteroatoms. The van der Waals surface area contributed by atoms with Crippen molar-refractivity contribution >= 4 is 11.6 Å². The summed E-state index contributed by atoms with van der Waals surface area (Å²) in [6.07, 6.45) is 4.07. The molecule has 1 amide bonds. The molecule has 0 saturated carbocycles. The largest absolute Gasteiger partial charge is 0.337 e. The van der Waals surface area contributed by atoms with Gasteiger partial charge in [-0.1, -0.05) is 13.0 Å². The minimum atomic E-state index is -0.0825. The number of nitrogens with zero attached hydrogens (tertiary/aromatic N) is 4. The van der Waals surface area contributed by atoms with E-state index in [4.69, 9.17) is 0 Å². The van der Waals surface area contributed by atoms with Gasteiger partial charge in [0.05, 0.1) is 0 Å². The molecule has 1 aliphatic rings. The van der Waals surface area contributed by atoms with Gasteiger partial charge in [-0.15, -0.1) is 0 Å². The highest BCUT2D eigenvalue weighted by molar-refractivity contribution is 5.92. The Balaban J connectivity index is 1.50. The molecule has 1 N–H and O–H groups in total. The van der Waals surface area contributed by atoms with Crippen LogP contribution in [0.1, 0.15) is 47.6 Å². The van der Waals surface area contributed by atoms with Gasteiger partial charge in [0, 0.05) is 48.7 Å². The van der Waals surface area contributed by atoms with Crippen molar-refractivity contribution in [2.45, 2.75) is 32.1 Å². The molecule has 1 aliphatic heterocycles. The molecule has 0 aromatic carbocycles. The number of rotatable bonds is 3. The fourth-order valence-corrected chi connectivity index (χ4v) is 3.49. The van der Waals surface area contributed by atoms with E-state index in [9.17, 15) is 9.59 Å². The highest BCUT2D eigenvalue weighted by Crippen LogP contribution is 2.28. The van der Waals surface area contributed by atoms with Crippen molar-refractivity contribution in [3.8, 4) is 0 Å². The van der Waals surface area contributed by atoms with Gasteiger partial charge in [-0.3, -0.25) is 19.7 Å². The van der Waals surface area contributed by atoms with Gasteiger partial charge in [-0.25, -0.2) is 9.50 Å². The van der Waals surface area contributed by atoms with Crippen LogP contribution in [0.3, 0.4) is 0 Å². The summed E-state index contributed by atoms with van der Waals surface area (Å²) in [5.41, 5.74) is 2.88. The highest BCUT2D eigenvalue weighted by Gasteiger charge is 2.26. The van der Waals surface area contributed by atoms with Crippen LogP contribution in [0.25, 0.3) is 5.65 Å². The first-order valence-electron chi connectivity index (χ1n) is 8.97. The lowest BCUT2D eigenvalue weighted by atomic mass is 9.93. The number of aromatic nitrogens is 4. The maximum absolute atomic E-state index is 12.5. The van der Waals surface area contributed by atoms with E-state index in [1.807, 2.05) is 24.0 Å². The van der Waals surface area contributed by atoms with Crippen LogP contribution in [-0.4, -0.2) is 43.5 Å². The summed E-state index contributed by atoms with van der Waals surface area (Å²) in [5.74, 6) is 0.264. The predicted molar refractivity (Wildman–Crippen MR) is 97.3 cm³/mol. The Kier molecular flexibility index (Phi) is 4.28. The number of carbonyl (C=O) groups excluding carboxylic acids is 1. The number of hydrogen-bond acceptors (Lipinski definition) is 4. The molecule has 3 aromatic heterocycles. The summed E-state index contributed by atoms with van der Waals surface area (Å²) in [6.45, 7) is 3.34. The van der Waals surface area contributed by atoms with Gasteiger partial charge in [0.2, 0.25) is 0 Å². The maximum atomic E-state index is 12.5. The summed E-state index contributed by atoms with van der Waals surface area (Å²) in [6, 6.07) is 8.91. The second kappa shape index (κ2) is 6.74. The molecule has 134 valence electrons. The Bertz CT molecular complexity index is 984. The Morgan fingerprint density at radius 1 is 1.27 bits per heavy atom. The lowest BCUT2D eigenvalue weighted by molar-refractivity contribution is 0.0706. The normalized spacial score (nSPS) is 15.5. The molecular formula is C19H21N5O2. The van der Waals surface area contributed by atoms with E-state index >= 15 is 0 Å². The summed E-state index contributed by atoms with van der Waals surface area (Å²) in [5, 5.41) is 3.19. The number of aryl methyl sites for hydroxylation is 1. The molecule has 0 bridgehead atoms. The number of pyridine rings is 1. The summed E-state index contributed by atoms with van der Waals surface area (Å²) >= 11 is 0. The molecule has 0 spiro atoms. The SMILES string of the molecule is CCc1cc(=O)n2[nH]c(C3CCN(C(=O)c4ccccn4)CC3)cc2n1. The Labute approximate surface area is 150 Å². The lowest BCUT2D eigenvalue weighted by Crippen LogP contribution is -2.38. The van der Waals surface area contributed by atoms with E-state index in [-0.39, 0.29) is 17.4 Å². The fourth-order valence-electron chi connectivity index (χ4n) is 3.49. The molecule has 4 rings (SSSR count). The van der Waals surface area contributed by atoms with E-state index < -0.39 is 0 Å². The summed E-state index contributed by atoms with van der Waals surface area (Å²) < 4.78 is 1.50. The minimum absolute atomic E-state index is 0.0221. The van der Waals surface area contributed by atoms with E-state index in [0.717, 1.165) is 30.7 Å². The zero-order valence-electron chi connectivity index (χ0n) is 14.7. The lowest BCUT2D eigenvalue weighted by Gasteiger charge is -2.31. The van der Waals surface area contributed by atoms with Crippen molar-refractivity contribution < 1.29 is 4.79 Å². The first-order valence-corrected chi connectivity index (χ1v) is 8.97. The summed E-state index contributed by atoms with van der Waals surface area (Å²) in [7, 11) is 0. The van der Waals surface area contributed by atoms with Gasteiger partial charge in [0.25, 0.3) is 11.5 Å². The van der Waals surface area contributed by atoms with E-state index in [0.29, 0.717) is 24.4 Å². The van der Waals surface area contributed by atoms with Crippen LogP contribution in [0.4, 0.5) is 0 Å². The number of piperidine rings is 1. The van der Waals surface area contributed by atoms with Crippen molar-refractivity contribution in [2.24, 2.45) is 0 Å². The molecule has 1 fully saturated rings. The minimum Gasteiger partial charge on any atom is -0.337 e. The maximum Gasteiger partial charge on any atom is 0.272 e. The fraction of sp³-hybridized carbons (Fsp3) is 0.368. The third-order valence-corrected chi connectivity index (χ3v) is 4.99. The van der Waals surface area contributed by atoms with E-state index in [1.165, 1.54) is 4.52 Å². The topological polar surface area (TPSA) is 83.4 Å². The molecule has 1 saturated heterocycles. The molecule has 0 radical (unpaired) electrons. The standard InChI is InChI=1S/C19H21N5O2/c1-2-14-11-18(25)24-17(21-14)12-16(22-24)13-6-9-23(10-7-13)19(26)15-5-3-4-8-20-15/h3-5,8,11-13,22H,2,6-7,9-10H2,1H3. The van der Waals surface area contributed by atoms with Crippen LogP contribution in [0, 0.1) is 0 Å². The van der Waals surface area contributed by atoms with Gasteiger partial charge in [0.15, 0.2) is 5.65 Å².